The molecule has 0 saturated carbocycles. The molecule has 1 unspecified atom stereocenters. The van der Waals surface area contributed by atoms with Gasteiger partial charge in [-0.3, -0.25) is 0 Å². The molecule has 1 aromatic heterocycles. The van der Waals surface area contributed by atoms with Crippen LogP contribution >= 0.6 is 0 Å². The van der Waals surface area contributed by atoms with Crippen LogP contribution in [0.25, 0.3) is 0 Å². The molecule has 0 bridgehead atoms. The van der Waals surface area contributed by atoms with Crippen molar-refractivity contribution in [3.8, 4) is 0 Å². The van der Waals surface area contributed by atoms with Crippen LogP contribution in [0.2, 0.25) is 0 Å². The molecule has 26 heavy (non-hydrogen) atoms. The zero-order valence-electron chi connectivity index (χ0n) is 14.8. The number of hydrazone groups is 1. The van der Waals surface area contributed by atoms with Crippen LogP contribution in [0.1, 0.15) is 24.9 Å². The van der Waals surface area contributed by atoms with E-state index in [-0.39, 0.29) is 18.1 Å². The first kappa shape index (κ1) is 16.5. The third kappa shape index (κ3) is 3.12. The van der Waals surface area contributed by atoms with Gasteiger partial charge >= 0.3 is 6.03 Å². The molecule has 1 aromatic carbocycles. The van der Waals surface area contributed by atoms with Gasteiger partial charge in [0.25, 0.3) is 0 Å². The van der Waals surface area contributed by atoms with Crippen molar-refractivity contribution in [1.29, 1.82) is 0 Å². The third-order valence-corrected chi connectivity index (χ3v) is 4.92. The van der Waals surface area contributed by atoms with Crippen LogP contribution < -0.4 is 4.90 Å². The summed E-state index contributed by atoms with van der Waals surface area (Å²) < 4.78 is 0. The van der Waals surface area contributed by atoms with Gasteiger partial charge < -0.3 is 9.80 Å². The third-order valence-electron chi connectivity index (χ3n) is 4.92. The highest BCUT2D eigenvalue weighted by atomic mass is 16.2. The minimum absolute atomic E-state index is 0.0219. The predicted octanol–water partition coefficient (Wildman–Crippen LogP) is 2.54. The molecule has 2 aliphatic heterocycles. The van der Waals surface area contributed by atoms with Gasteiger partial charge in [-0.1, -0.05) is 30.3 Å². The van der Waals surface area contributed by atoms with E-state index in [1.165, 1.54) is 0 Å². The van der Waals surface area contributed by atoms with Gasteiger partial charge in [-0.2, -0.15) is 5.10 Å². The van der Waals surface area contributed by atoms with E-state index in [0.717, 1.165) is 12.0 Å². The highest BCUT2D eigenvalue weighted by Gasteiger charge is 2.36. The Hall–Kier alpha value is -2.96. The van der Waals surface area contributed by atoms with Crippen LogP contribution in [0, 0.1) is 0 Å². The fraction of sp³-hybridized carbons (Fsp3) is 0.368. The maximum Gasteiger partial charge on any atom is 0.341 e. The normalized spacial score (nSPS) is 22.7. The molecule has 0 spiro atoms. The molecule has 2 aromatic rings. The lowest BCUT2D eigenvalue weighted by Crippen LogP contribution is -2.57. The van der Waals surface area contributed by atoms with Crippen molar-refractivity contribution < 1.29 is 4.79 Å². The summed E-state index contributed by atoms with van der Waals surface area (Å²) >= 11 is 0. The molecular formula is C19H22N6O. The minimum Gasteiger partial charge on any atom is -0.337 e. The topological polar surface area (TPSA) is 64.9 Å². The summed E-state index contributed by atoms with van der Waals surface area (Å²) in [6, 6.07) is 11.9. The SMILES string of the molecule is CC1CN(c2ncccn2)CCN1C(=O)N1N=CC[C@H]1c1ccccc1. The van der Waals surface area contributed by atoms with Crippen molar-refractivity contribution >= 4 is 18.2 Å². The highest BCUT2D eigenvalue weighted by Crippen LogP contribution is 2.30. The van der Waals surface area contributed by atoms with E-state index in [9.17, 15) is 4.79 Å². The van der Waals surface area contributed by atoms with Crippen LogP contribution in [0.5, 0.6) is 0 Å². The van der Waals surface area contributed by atoms with Crippen molar-refractivity contribution in [2.75, 3.05) is 24.5 Å². The van der Waals surface area contributed by atoms with E-state index >= 15 is 0 Å². The van der Waals surface area contributed by atoms with Crippen molar-refractivity contribution in [1.82, 2.24) is 19.9 Å². The Morgan fingerprint density at radius 2 is 1.85 bits per heavy atom. The quantitative estimate of drug-likeness (QED) is 0.835. The summed E-state index contributed by atoms with van der Waals surface area (Å²) in [5.41, 5.74) is 1.11. The molecule has 3 heterocycles. The van der Waals surface area contributed by atoms with Crippen LogP contribution in [-0.4, -0.2) is 57.8 Å². The first-order valence-corrected chi connectivity index (χ1v) is 8.93. The van der Waals surface area contributed by atoms with Gasteiger partial charge in [0.15, 0.2) is 0 Å². The maximum atomic E-state index is 13.1. The first-order chi connectivity index (χ1) is 12.7. The zero-order valence-corrected chi connectivity index (χ0v) is 14.8. The van der Waals surface area contributed by atoms with E-state index in [1.807, 2.05) is 47.5 Å². The number of carbonyl (C=O) groups is 1. The van der Waals surface area contributed by atoms with Gasteiger partial charge in [0.05, 0.1) is 6.04 Å². The van der Waals surface area contributed by atoms with Gasteiger partial charge in [-0.25, -0.2) is 19.8 Å². The summed E-state index contributed by atoms with van der Waals surface area (Å²) in [5, 5.41) is 5.98. The van der Waals surface area contributed by atoms with Crippen LogP contribution in [0.3, 0.4) is 0 Å². The second kappa shape index (κ2) is 7.11. The lowest BCUT2D eigenvalue weighted by atomic mass is 10.0. The van der Waals surface area contributed by atoms with Gasteiger partial charge in [-0.15, -0.1) is 0 Å². The number of amides is 2. The fourth-order valence-corrected chi connectivity index (χ4v) is 3.56. The van der Waals surface area contributed by atoms with Gasteiger partial charge in [0.1, 0.15) is 0 Å². The Kier molecular flexibility index (Phi) is 4.51. The number of piperazine rings is 1. The number of aromatic nitrogens is 2. The summed E-state index contributed by atoms with van der Waals surface area (Å²) in [4.78, 5) is 25.8. The molecule has 1 saturated heterocycles. The van der Waals surface area contributed by atoms with E-state index in [2.05, 4.69) is 26.9 Å². The molecular weight excluding hydrogens is 328 g/mol. The summed E-state index contributed by atoms with van der Waals surface area (Å²) in [5.74, 6) is 0.716. The van der Waals surface area contributed by atoms with Gasteiger partial charge in [-0.05, 0) is 18.6 Å². The number of rotatable bonds is 2. The summed E-state index contributed by atoms with van der Waals surface area (Å²) in [7, 11) is 0. The molecule has 0 aliphatic carbocycles. The first-order valence-electron chi connectivity index (χ1n) is 8.93. The van der Waals surface area contributed by atoms with Crippen LogP contribution in [-0.2, 0) is 0 Å². The molecule has 2 atom stereocenters. The zero-order chi connectivity index (χ0) is 17.9. The molecule has 7 nitrogen and oxygen atoms in total. The van der Waals surface area contributed by atoms with E-state index in [0.29, 0.717) is 25.6 Å². The Labute approximate surface area is 153 Å². The maximum absolute atomic E-state index is 13.1. The Morgan fingerprint density at radius 1 is 1.08 bits per heavy atom. The van der Waals surface area contributed by atoms with Crippen LogP contribution in [0.15, 0.2) is 53.9 Å². The lowest BCUT2D eigenvalue weighted by molar-refractivity contribution is 0.121. The monoisotopic (exact) mass is 350 g/mol. The number of anilines is 1. The van der Waals surface area contributed by atoms with E-state index in [4.69, 9.17) is 0 Å². The van der Waals surface area contributed by atoms with Gasteiger partial charge in [0, 0.05) is 50.7 Å². The van der Waals surface area contributed by atoms with Crippen molar-refractivity contribution in [2.24, 2.45) is 5.10 Å². The number of urea groups is 1. The number of nitrogens with zero attached hydrogens (tertiary/aromatic N) is 6. The summed E-state index contributed by atoms with van der Waals surface area (Å²) in [6.45, 7) is 4.12. The Balaban J connectivity index is 1.46. The van der Waals surface area contributed by atoms with Crippen LogP contribution in [0.4, 0.5) is 10.7 Å². The molecule has 1 fully saturated rings. The van der Waals surface area contributed by atoms with E-state index in [1.54, 1.807) is 17.4 Å². The predicted molar refractivity (Wildman–Crippen MR) is 99.9 cm³/mol. The molecule has 2 amide bonds. The van der Waals surface area contributed by atoms with Crippen molar-refractivity contribution in [3.05, 3.63) is 54.4 Å². The molecule has 0 N–H and O–H groups in total. The largest absolute Gasteiger partial charge is 0.341 e. The Morgan fingerprint density at radius 3 is 2.58 bits per heavy atom. The number of benzene rings is 1. The van der Waals surface area contributed by atoms with E-state index < -0.39 is 0 Å². The fourth-order valence-electron chi connectivity index (χ4n) is 3.56. The number of hydrogen-bond acceptors (Lipinski definition) is 5. The van der Waals surface area contributed by atoms with Crippen molar-refractivity contribution in [3.63, 3.8) is 0 Å². The second-order valence-electron chi connectivity index (χ2n) is 6.62. The molecule has 2 aliphatic rings. The molecule has 134 valence electrons. The van der Waals surface area contributed by atoms with Gasteiger partial charge in [0.2, 0.25) is 5.95 Å². The number of hydrogen-bond donors (Lipinski definition) is 0. The second-order valence-corrected chi connectivity index (χ2v) is 6.62. The lowest BCUT2D eigenvalue weighted by Gasteiger charge is -2.41. The minimum atomic E-state index is -0.0336. The molecule has 4 rings (SSSR count). The smallest absolute Gasteiger partial charge is 0.337 e. The average molecular weight is 350 g/mol. The summed E-state index contributed by atoms with van der Waals surface area (Å²) in [6.07, 6.45) is 6.07. The highest BCUT2D eigenvalue weighted by molar-refractivity contribution is 5.79. The average Bonchev–Trinajstić information content (AvgIpc) is 3.19. The molecule has 0 radical (unpaired) electrons. The molecule has 7 heteroatoms. The number of carbonyl (C=O) groups excluding carboxylic acids is 1. The Bertz CT molecular complexity index is 781. The standard InChI is InChI=1S/C19H22N6O/c1-15-14-23(18-20-9-5-10-21-18)12-13-24(15)19(26)25-17(8-11-22-25)16-6-3-2-4-7-16/h2-7,9-11,15,17H,8,12-14H2,1H3/t15?,17-/m0/s1. The van der Waals surface area contributed by atoms with Crippen molar-refractivity contribution in [2.45, 2.75) is 25.4 Å².